The van der Waals surface area contributed by atoms with E-state index < -0.39 is 5.60 Å². The fourth-order valence-electron chi connectivity index (χ4n) is 0.730. The van der Waals surface area contributed by atoms with Crippen LogP contribution in [-0.4, -0.2) is 23.1 Å². The Morgan fingerprint density at radius 2 is 2.25 bits per heavy atom. The number of hydrogen-bond donors (Lipinski definition) is 0. The minimum atomic E-state index is -0.399. The molecule has 3 nitrogen and oxygen atoms in total. The molecule has 68 valence electrons. The van der Waals surface area contributed by atoms with Crippen molar-refractivity contribution in [1.29, 1.82) is 0 Å². The Morgan fingerprint density at radius 1 is 1.67 bits per heavy atom. The Hall–Kier alpha value is -0.260. The zero-order valence-corrected chi connectivity index (χ0v) is 9.58. The number of ether oxygens (including phenoxy) is 1. The van der Waals surface area contributed by atoms with Crippen molar-refractivity contribution in [3.63, 3.8) is 0 Å². The van der Waals surface area contributed by atoms with Crippen molar-refractivity contribution >= 4 is 28.7 Å². The fourth-order valence-corrected chi connectivity index (χ4v) is 1.32. The second-order valence-electron chi connectivity index (χ2n) is 3.62. The van der Waals surface area contributed by atoms with Gasteiger partial charge in [0.25, 0.3) is 0 Å². The van der Waals surface area contributed by atoms with Crippen LogP contribution in [-0.2, 0) is 4.74 Å². The molecule has 0 aromatic heterocycles. The van der Waals surface area contributed by atoms with Gasteiger partial charge >= 0.3 is 6.09 Å². The average Bonchev–Trinajstić information content (AvgIpc) is 1.79. The second-order valence-corrected chi connectivity index (χ2v) is 4.72. The zero-order chi connectivity index (χ0) is 9.35. The summed E-state index contributed by atoms with van der Waals surface area (Å²) in [4.78, 5) is 12.9. The van der Waals surface area contributed by atoms with Gasteiger partial charge < -0.3 is 4.74 Å². The average molecular weight is 281 g/mol. The van der Waals surface area contributed by atoms with Crippen LogP contribution in [0.2, 0.25) is 0 Å². The van der Waals surface area contributed by atoms with Gasteiger partial charge in [-0.1, -0.05) is 0 Å². The molecule has 12 heavy (non-hydrogen) atoms. The number of carbonyl (C=O) groups excluding carboxylic acids is 1. The summed E-state index contributed by atoms with van der Waals surface area (Å²) in [7, 11) is 0. The minimum Gasteiger partial charge on any atom is -0.443 e. The maximum Gasteiger partial charge on any atom is 0.415 e. The normalized spacial score (nSPS) is 16.7. The van der Waals surface area contributed by atoms with Crippen LogP contribution < -0.4 is 0 Å². The molecular formula is C8H12INO2. The molecule has 0 fully saturated rings. The highest BCUT2D eigenvalue weighted by atomic mass is 127. The molecule has 0 atom stereocenters. The number of rotatable bonds is 0. The summed E-state index contributed by atoms with van der Waals surface area (Å²) in [6.07, 6.45) is 1.72. The smallest absolute Gasteiger partial charge is 0.415 e. The van der Waals surface area contributed by atoms with Crippen LogP contribution in [0.3, 0.4) is 0 Å². The van der Waals surface area contributed by atoms with E-state index >= 15 is 0 Å². The summed E-state index contributed by atoms with van der Waals surface area (Å²) in [5.41, 5.74) is -0.399. The van der Waals surface area contributed by atoms with Crippen LogP contribution in [0.1, 0.15) is 20.8 Å². The third-order valence-corrected chi connectivity index (χ3v) is 2.34. The first kappa shape index (κ1) is 9.83. The topological polar surface area (TPSA) is 29.5 Å². The second kappa shape index (κ2) is 3.24. The highest BCUT2D eigenvalue weighted by Crippen LogP contribution is 2.24. The van der Waals surface area contributed by atoms with Gasteiger partial charge in [0, 0.05) is 0 Å². The van der Waals surface area contributed by atoms with Gasteiger partial charge in [0.1, 0.15) is 5.60 Å². The molecule has 0 unspecified atom stereocenters. The molecule has 1 rings (SSSR count). The summed E-state index contributed by atoms with van der Waals surface area (Å²) < 4.78 is 6.10. The number of hydrogen-bond acceptors (Lipinski definition) is 2. The SMILES string of the molecule is CC(C)(C)OC(=O)N1CC=C1I. The molecule has 1 amide bonds. The van der Waals surface area contributed by atoms with Gasteiger partial charge in [0.15, 0.2) is 0 Å². The van der Waals surface area contributed by atoms with Gasteiger partial charge in [-0.3, -0.25) is 4.90 Å². The molecule has 0 radical (unpaired) electrons. The van der Waals surface area contributed by atoms with E-state index in [1.54, 1.807) is 4.90 Å². The summed E-state index contributed by atoms with van der Waals surface area (Å²) in [5, 5.41) is 0. The predicted octanol–water partition coefficient (Wildman–Crippen LogP) is 2.51. The van der Waals surface area contributed by atoms with Gasteiger partial charge in [0.2, 0.25) is 0 Å². The lowest BCUT2D eigenvalue weighted by Crippen LogP contribution is -2.39. The Balaban J connectivity index is 2.46. The molecule has 1 heterocycles. The van der Waals surface area contributed by atoms with E-state index in [1.807, 2.05) is 26.8 Å². The van der Waals surface area contributed by atoms with E-state index in [2.05, 4.69) is 22.6 Å². The highest BCUT2D eigenvalue weighted by Gasteiger charge is 2.27. The van der Waals surface area contributed by atoms with Crippen LogP contribution in [0.25, 0.3) is 0 Å². The van der Waals surface area contributed by atoms with Crippen molar-refractivity contribution in [3.8, 4) is 0 Å². The van der Waals surface area contributed by atoms with Gasteiger partial charge in [-0.05, 0) is 49.4 Å². The number of amides is 1. The van der Waals surface area contributed by atoms with E-state index in [1.165, 1.54) is 0 Å². The summed E-state index contributed by atoms with van der Waals surface area (Å²) in [6.45, 7) is 6.26. The van der Waals surface area contributed by atoms with Crippen LogP contribution in [0, 0.1) is 0 Å². The molecule has 0 aromatic carbocycles. The highest BCUT2D eigenvalue weighted by molar-refractivity contribution is 14.1. The molecule has 0 bridgehead atoms. The van der Waals surface area contributed by atoms with Crippen LogP contribution in [0.15, 0.2) is 9.78 Å². The van der Waals surface area contributed by atoms with Gasteiger partial charge in [-0.25, -0.2) is 4.79 Å². The fraction of sp³-hybridized carbons (Fsp3) is 0.625. The first-order valence-electron chi connectivity index (χ1n) is 3.76. The quantitative estimate of drug-likeness (QED) is 0.504. The summed E-state index contributed by atoms with van der Waals surface area (Å²) >= 11 is 2.11. The Morgan fingerprint density at radius 3 is 2.50 bits per heavy atom. The van der Waals surface area contributed by atoms with Crippen molar-refractivity contribution in [2.24, 2.45) is 0 Å². The summed E-state index contributed by atoms with van der Waals surface area (Å²) in [5.74, 6) is 0. The lowest BCUT2D eigenvalue weighted by atomic mass is 10.2. The molecular weight excluding hydrogens is 269 g/mol. The van der Waals surface area contributed by atoms with Crippen molar-refractivity contribution in [1.82, 2.24) is 4.90 Å². The van der Waals surface area contributed by atoms with E-state index in [-0.39, 0.29) is 6.09 Å². The molecule has 1 aliphatic rings. The Kier molecular flexibility index (Phi) is 2.65. The summed E-state index contributed by atoms with van der Waals surface area (Å²) in [6, 6.07) is 0. The van der Waals surface area contributed by atoms with Gasteiger partial charge in [0.05, 0.1) is 10.2 Å². The molecule has 0 aliphatic carbocycles. The molecule has 0 saturated heterocycles. The number of carbonyl (C=O) groups is 1. The lowest BCUT2D eigenvalue weighted by Gasteiger charge is -2.30. The molecule has 0 spiro atoms. The van der Waals surface area contributed by atoms with Gasteiger partial charge in [-0.2, -0.15) is 0 Å². The standard InChI is InChI=1S/C8H12INO2/c1-8(2,3)12-7(11)10-5-4-6(10)9/h4H,5H2,1-3H3. The largest absolute Gasteiger partial charge is 0.443 e. The minimum absolute atomic E-state index is 0.255. The molecule has 4 heteroatoms. The van der Waals surface area contributed by atoms with Crippen LogP contribution in [0.4, 0.5) is 4.79 Å². The Bertz CT molecular complexity index is 230. The van der Waals surface area contributed by atoms with E-state index in [4.69, 9.17) is 4.74 Å². The first-order valence-corrected chi connectivity index (χ1v) is 4.84. The van der Waals surface area contributed by atoms with E-state index in [0.29, 0.717) is 6.54 Å². The van der Waals surface area contributed by atoms with Crippen molar-refractivity contribution < 1.29 is 9.53 Å². The lowest BCUT2D eigenvalue weighted by molar-refractivity contribution is 0.0323. The maximum atomic E-state index is 11.3. The zero-order valence-electron chi connectivity index (χ0n) is 7.43. The van der Waals surface area contributed by atoms with Crippen molar-refractivity contribution in [3.05, 3.63) is 9.78 Å². The maximum absolute atomic E-state index is 11.3. The molecule has 0 aromatic rings. The third-order valence-electron chi connectivity index (χ3n) is 1.31. The molecule has 1 aliphatic heterocycles. The number of nitrogens with zero attached hydrogens (tertiary/aromatic N) is 1. The Labute approximate surface area is 85.9 Å². The number of halogens is 1. The van der Waals surface area contributed by atoms with Crippen molar-refractivity contribution in [2.45, 2.75) is 26.4 Å². The van der Waals surface area contributed by atoms with Gasteiger partial charge in [-0.15, -0.1) is 0 Å². The first-order chi connectivity index (χ1) is 5.40. The van der Waals surface area contributed by atoms with E-state index in [0.717, 1.165) is 3.70 Å². The molecule has 0 saturated carbocycles. The van der Waals surface area contributed by atoms with E-state index in [9.17, 15) is 4.79 Å². The van der Waals surface area contributed by atoms with Crippen LogP contribution in [0.5, 0.6) is 0 Å². The predicted molar refractivity (Wildman–Crippen MR) is 55.0 cm³/mol. The molecule has 0 N–H and O–H groups in total. The van der Waals surface area contributed by atoms with Crippen LogP contribution >= 0.6 is 22.6 Å². The van der Waals surface area contributed by atoms with Crippen molar-refractivity contribution in [2.75, 3.05) is 6.54 Å². The third kappa shape index (κ3) is 2.36. The monoisotopic (exact) mass is 281 g/mol.